The van der Waals surface area contributed by atoms with E-state index in [-0.39, 0.29) is 12.0 Å². The van der Waals surface area contributed by atoms with Crippen LogP contribution in [0.1, 0.15) is 12.2 Å². The average Bonchev–Trinajstić information content (AvgIpc) is 2.81. The highest BCUT2D eigenvalue weighted by Gasteiger charge is 2.16. The first-order chi connectivity index (χ1) is 7.84. The standard InChI is InChI=1S/C10H16N4O2/c15-10(5-8-6-11-3-4-16-8)14-7-9-12-1-2-13-9/h1-2,8,11H,3-7H2,(H,12,13)(H,14,15). The minimum atomic E-state index is -0.00917. The average molecular weight is 224 g/mol. The zero-order chi connectivity index (χ0) is 11.2. The second kappa shape index (κ2) is 5.62. The van der Waals surface area contributed by atoms with Crippen LogP contribution in [0.4, 0.5) is 0 Å². The summed E-state index contributed by atoms with van der Waals surface area (Å²) in [6.45, 7) is 2.72. The fraction of sp³-hybridized carbons (Fsp3) is 0.600. The number of carbonyl (C=O) groups is 1. The number of amides is 1. The van der Waals surface area contributed by atoms with Gasteiger partial charge in [-0.25, -0.2) is 4.98 Å². The van der Waals surface area contributed by atoms with Crippen LogP contribution in [0.15, 0.2) is 12.4 Å². The van der Waals surface area contributed by atoms with E-state index in [1.165, 1.54) is 0 Å². The summed E-state index contributed by atoms with van der Waals surface area (Å²) in [6.07, 6.45) is 3.78. The van der Waals surface area contributed by atoms with Crippen LogP contribution in [0.5, 0.6) is 0 Å². The van der Waals surface area contributed by atoms with Crippen molar-refractivity contribution in [2.24, 2.45) is 0 Å². The van der Waals surface area contributed by atoms with Crippen LogP contribution in [-0.4, -0.2) is 41.7 Å². The second-order valence-corrected chi connectivity index (χ2v) is 3.71. The molecular formula is C10H16N4O2. The number of ether oxygens (including phenoxy) is 1. The summed E-state index contributed by atoms with van der Waals surface area (Å²) in [4.78, 5) is 18.5. The van der Waals surface area contributed by atoms with Gasteiger partial charge in [0, 0.05) is 25.5 Å². The van der Waals surface area contributed by atoms with Crippen molar-refractivity contribution in [1.29, 1.82) is 0 Å². The quantitative estimate of drug-likeness (QED) is 0.638. The van der Waals surface area contributed by atoms with Crippen LogP contribution in [0.3, 0.4) is 0 Å². The normalized spacial score (nSPS) is 20.6. The maximum absolute atomic E-state index is 11.5. The predicted octanol–water partition coefficient (Wildman–Crippen LogP) is -0.596. The van der Waals surface area contributed by atoms with Gasteiger partial charge in [-0.15, -0.1) is 0 Å². The third-order valence-corrected chi connectivity index (χ3v) is 2.43. The van der Waals surface area contributed by atoms with Crippen LogP contribution < -0.4 is 10.6 Å². The Morgan fingerprint density at radius 3 is 3.31 bits per heavy atom. The highest BCUT2D eigenvalue weighted by Crippen LogP contribution is 2.01. The molecule has 2 heterocycles. The van der Waals surface area contributed by atoms with E-state index in [1.807, 2.05) is 0 Å². The van der Waals surface area contributed by atoms with Gasteiger partial charge in [-0.05, 0) is 0 Å². The molecule has 1 saturated heterocycles. The molecule has 0 saturated carbocycles. The monoisotopic (exact) mass is 224 g/mol. The smallest absolute Gasteiger partial charge is 0.223 e. The van der Waals surface area contributed by atoms with E-state index < -0.39 is 0 Å². The second-order valence-electron chi connectivity index (χ2n) is 3.71. The molecule has 1 fully saturated rings. The third-order valence-electron chi connectivity index (χ3n) is 2.43. The van der Waals surface area contributed by atoms with Crippen LogP contribution in [-0.2, 0) is 16.1 Å². The van der Waals surface area contributed by atoms with Gasteiger partial charge in [0.15, 0.2) is 0 Å². The number of nitrogens with one attached hydrogen (secondary N) is 3. The number of rotatable bonds is 4. The first-order valence-electron chi connectivity index (χ1n) is 5.42. The Hall–Kier alpha value is -1.40. The molecule has 1 aliphatic heterocycles. The number of H-pyrrole nitrogens is 1. The SMILES string of the molecule is O=C(CC1CNCCO1)NCc1ncc[nH]1. The van der Waals surface area contributed by atoms with Gasteiger partial charge in [-0.2, -0.15) is 0 Å². The van der Waals surface area contributed by atoms with Crippen molar-refractivity contribution in [2.45, 2.75) is 19.1 Å². The molecule has 1 amide bonds. The lowest BCUT2D eigenvalue weighted by atomic mass is 10.2. The van der Waals surface area contributed by atoms with E-state index in [0.717, 1.165) is 18.9 Å². The zero-order valence-electron chi connectivity index (χ0n) is 9.03. The van der Waals surface area contributed by atoms with E-state index in [4.69, 9.17) is 4.74 Å². The molecule has 1 unspecified atom stereocenters. The van der Waals surface area contributed by atoms with E-state index in [2.05, 4.69) is 20.6 Å². The maximum atomic E-state index is 11.5. The van der Waals surface area contributed by atoms with Crippen molar-refractivity contribution in [3.8, 4) is 0 Å². The molecular weight excluding hydrogens is 208 g/mol. The maximum Gasteiger partial charge on any atom is 0.223 e. The van der Waals surface area contributed by atoms with Crippen LogP contribution >= 0.6 is 0 Å². The summed E-state index contributed by atoms with van der Waals surface area (Å²) in [5.41, 5.74) is 0. The summed E-state index contributed by atoms with van der Waals surface area (Å²) in [7, 11) is 0. The number of aromatic amines is 1. The number of hydrogen-bond acceptors (Lipinski definition) is 4. The Morgan fingerprint density at radius 1 is 1.69 bits per heavy atom. The molecule has 0 aliphatic carbocycles. The van der Waals surface area contributed by atoms with Crippen molar-refractivity contribution in [3.63, 3.8) is 0 Å². The van der Waals surface area contributed by atoms with Gasteiger partial charge in [-0.3, -0.25) is 4.79 Å². The van der Waals surface area contributed by atoms with E-state index >= 15 is 0 Å². The molecule has 16 heavy (non-hydrogen) atoms. The number of carbonyl (C=O) groups excluding carboxylic acids is 1. The van der Waals surface area contributed by atoms with Crippen molar-refractivity contribution in [2.75, 3.05) is 19.7 Å². The van der Waals surface area contributed by atoms with Crippen LogP contribution in [0.25, 0.3) is 0 Å². The number of nitrogens with zero attached hydrogens (tertiary/aromatic N) is 1. The molecule has 6 nitrogen and oxygen atoms in total. The number of morpholine rings is 1. The van der Waals surface area contributed by atoms with Crippen LogP contribution in [0, 0.1) is 0 Å². The van der Waals surface area contributed by atoms with Gasteiger partial charge in [0.05, 0.1) is 25.7 Å². The third kappa shape index (κ3) is 3.32. The Labute approximate surface area is 93.8 Å². The summed E-state index contributed by atoms with van der Waals surface area (Å²) >= 11 is 0. The molecule has 1 atom stereocenters. The van der Waals surface area contributed by atoms with Crippen LogP contribution in [0.2, 0.25) is 0 Å². The lowest BCUT2D eigenvalue weighted by Gasteiger charge is -2.22. The van der Waals surface area contributed by atoms with Gasteiger partial charge in [-0.1, -0.05) is 0 Å². The fourth-order valence-corrected chi connectivity index (χ4v) is 1.61. The van der Waals surface area contributed by atoms with Crippen molar-refractivity contribution in [1.82, 2.24) is 20.6 Å². The minimum absolute atomic E-state index is 0.00893. The molecule has 0 bridgehead atoms. The molecule has 3 N–H and O–H groups in total. The molecule has 0 aromatic carbocycles. The van der Waals surface area contributed by atoms with E-state index in [9.17, 15) is 4.79 Å². The Kier molecular flexibility index (Phi) is 3.90. The van der Waals surface area contributed by atoms with Gasteiger partial charge >= 0.3 is 0 Å². The fourth-order valence-electron chi connectivity index (χ4n) is 1.61. The number of imidazole rings is 1. The molecule has 1 aromatic rings. The lowest BCUT2D eigenvalue weighted by Crippen LogP contribution is -2.41. The predicted molar refractivity (Wildman–Crippen MR) is 57.7 cm³/mol. The molecule has 88 valence electrons. The molecule has 0 radical (unpaired) electrons. The number of aromatic nitrogens is 2. The van der Waals surface area contributed by atoms with Crippen molar-refractivity contribution in [3.05, 3.63) is 18.2 Å². The Bertz CT molecular complexity index is 320. The summed E-state index contributed by atoms with van der Waals surface area (Å²) in [5, 5.41) is 5.98. The summed E-state index contributed by atoms with van der Waals surface area (Å²) < 4.78 is 5.44. The summed E-state index contributed by atoms with van der Waals surface area (Å²) in [5.74, 6) is 0.751. The molecule has 2 rings (SSSR count). The first-order valence-corrected chi connectivity index (χ1v) is 5.42. The molecule has 1 aliphatic rings. The lowest BCUT2D eigenvalue weighted by molar-refractivity contribution is -0.124. The van der Waals surface area contributed by atoms with E-state index in [1.54, 1.807) is 12.4 Å². The highest BCUT2D eigenvalue weighted by molar-refractivity contribution is 5.76. The highest BCUT2D eigenvalue weighted by atomic mass is 16.5. The van der Waals surface area contributed by atoms with E-state index in [0.29, 0.717) is 19.6 Å². The van der Waals surface area contributed by atoms with Gasteiger partial charge in [0.25, 0.3) is 0 Å². The molecule has 6 heteroatoms. The summed E-state index contributed by atoms with van der Waals surface area (Å²) in [6, 6.07) is 0. The number of hydrogen-bond donors (Lipinski definition) is 3. The molecule has 1 aromatic heterocycles. The van der Waals surface area contributed by atoms with Crippen molar-refractivity contribution >= 4 is 5.91 Å². The van der Waals surface area contributed by atoms with Crippen molar-refractivity contribution < 1.29 is 9.53 Å². The topological polar surface area (TPSA) is 79.0 Å². The Balaban J connectivity index is 1.67. The van der Waals surface area contributed by atoms with Gasteiger partial charge < -0.3 is 20.4 Å². The zero-order valence-corrected chi connectivity index (χ0v) is 9.03. The first kappa shape index (κ1) is 11.1. The van der Waals surface area contributed by atoms with Gasteiger partial charge in [0.1, 0.15) is 5.82 Å². The Morgan fingerprint density at radius 2 is 2.62 bits per heavy atom. The molecule has 0 spiro atoms. The minimum Gasteiger partial charge on any atom is -0.375 e. The largest absolute Gasteiger partial charge is 0.375 e. The van der Waals surface area contributed by atoms with Gasteiger partial charge in [0.2, 0.25) is 5.91 Å².